The maximum absolute atomic E-state index is 14.3. The lowest BCUT2D eigenvalue weighted by atomic mass is 9.59. The Hall–Kier alpha value is -3.91. The van der Waals surface area contributed by atoms with E-state index < -0.39 is 20.0 Å². The number of ketones is 1. The molecule has 0 N–H and O–H groups in total. The maximum atomic E-state index is 14.3. The van der Waals surface area contributed by atoms with Gasteiger partial charge in [-0.05, 0) is 99.7 Å². The van der Waals surface area contributed by atoms with Crippen molar-refractivity contribution in [2.45, 2.75) is 49.2 Å². The van der Waals surface area contributed by atoms with Crippen LogP contribution in [0.15, 0.2) is 89.6 Å². The molecule has 2 aliphatic rings. The number of aryl methyl sites for hydroxylation is 1. The number of hydrogen-bond donors (Lipinski definition) is 0. The monoisotopic (exact) mass is 541 g/mol. The molecule has 198 valence electrons. The molecule has 0 unspecified atom stereocenters. The summed E-state index contributed by atoms with van der Waals surface area (Å²) in [7, 11) is -3.76. The molecule has 1 saturated carbocycles. The van der Waals surface area contributed by atoms with Gasteiger partial charge in [0.15, 0.2) is 15.6 Å². The Morgan fingerprint density at radius 1 is 1.03 bits per heavy atom. The summed E-state index contributed by atoms with van der Waals surface area (Å²) >= 11 is 0. The van der Waals surface area contributed by atoms with Crippen molar-refractivity contribution < 1.29 is 17.6 Å². The smallest absolute Gasteiger partial charge is 0.191 e. The van der Waals surface area contributed by atoms with Gasteiger partial charge in [0.05, 0.1) is 32.6 Å². The number of fused-ring (bicyclic) bond motifs is 2. The first-order chi connectivity index (χ1) is 18.6. The summed E-state index contributed by atoms with van der Waals surface area (Å²) in [6, 6.07) is 18.2. The first-order valence-corrected chi connectivity index (χ1v) is 14.4. The molecule has 0 spiro atoms. The quantitative estimate of drug-likeness (QED) is 0.292. The van der Waals surface area contributed by atoms with E-state index in [-0.39, 0.29) is 22.9 Å². The van der Waals surface area contributed by atoms with Crippen molar-refractivity contribution in [3.63, 3.8) is 0 Å². The van der Waals surface area contributed by atoms with Crippen molar-refractivity contribution in [2.24, 2.45) is 5.41 Å². The molecule has 2 aromatic carbocycles. The number of carbonyl (C=O) groups excluding carboxylic acids is 1. The van der Waals surface area contributed by atoms with Crippen molar-refractivity contribution in [3.8, 4) is 5.69 Å². The van der Waals surface area contributed by atoms with Gasteiger partial charge in [-0.2, -0.15) is 5.10 Å². The Morgan fingerprint density at radius 2 is 1.77 bits per heavy atom. The second-order valence-corrected chi connectivity index (χ2v) is 13.3. The number of aromatic nitrogens is 3. The summed E-state index contributed by atoms with van der Waals surface area (Å²) in [5.74, 6) is -0.515. The first-order valence-electron chi connectivity index (χ1n) is 12.9. The van der Waals surface area contributed by atoms with E-state index in [9.17, 15) is 17.6 Å². The minimum absolute atomic E-state index is 0.138. The van der Waals surface area contributed by atoms with Crippen molar-refractivity contribution >= 4 is 21.7 Å². The number of pyridine rings is 1. The molecule has 2 atom stereocenters. The molecule has 0 aliphatic heterocycles. The van der Waals surface area contributed by atoms with Gasteiger partial charge in [-0.1, -0.05) is 29.3 Å². The third-order valence-electron chi connectivity index (χ3n) is 8.29. The highest BCUT2D eigenvalue weighted by Gasteiger charge is 2.56. The van der Waals surface area contributed by atoms with E-state index in [1.165, 1.54) is 12.1 Å². The highest BCUT2D eigenvalue weighted by atomic mass is 32.2. The molecule has 6 nitrogen and oxygen atoms in total. The molecule has 8 heteroatoms. The largest absolute Gasteiger partial charge is 0.291 e. The molecule has 2 heterocycles. The predicted octanol–water partition coefficient (Wildman–Crippen LogP) is 5.94. The second kappa shape index (κ2) is 9.09. The number of rotatable bonds is 5. The minimum atomic E-state index is -3.76. The predicted molar refractivity (Wildman–Crippen MR) is 147 cm³/mol. The summed E-state index contributed by atoms with van der Waals surface area (Å²) in [4.78, 5) is 18.9. The van der Waals surface area contributed by atoms with Crippen LogP contribution in [0.5, 0.6) is 0 Å². The number of sulfone groups is 1. The van der Waals surface area contributed by atoms with E-state index in [1.807, 2.05) is 13.0 Å². The highest BCUT2D eigenvalue weighted by Crippen LogP contribution is 2.55. The van der Waals surface area contributed by atoms with E-state index in [1.54, 1.807) is 78.6 Å². The number of allylic oxidation sites excluding steroid dienone is 1. The lowest BCUT2D eigenvalue weighted by Crippen LogP contribution is -2.51. The average molecular weight is 542 g/mol. The van der Waals surface area contributed by atoms with Crippen LogP contribution in [-0.4, -0.2) is 33.7 Å². The van der Waals surface area contributed by atoms with Crippen LogP contribution in [0, 0.1) is 18.2 Å². The number of hydrogen-bond acceptors (Lipinski definition) is 5. The van der Waals surface area contributed by atoms with Crippen LogP contribution in [0.2, 0.25) is 0 Å². The number of benzene rings is 2. The standard InChI is InChI=1S/C31H28FN3O3S/c1-21-6-12-26(13-7-21)39(37,38)30(2)15-14-23-17-28-22(19-34-35(28)25-10-8-24(32)9-11-25)18-31(23,20-30)29(36)27-5-3-4-16-33-27/h3-13,16-17,19H,14-15,18,20H2,1-2H3/t30-,31+/m1/s1. The Morgan fingerprint density at radius 3 is 2.46 bits per heavy atom. The third kappa shape index (κ3) is 4.05. The zero-order valence-corrected chi connectivity index (χ0v) is 22.6. The fourth-order valence-corrected chi connectivity index (χ4v) is 7.98. The molecule has 2 aromatic heterocycles. The summed E-state index contributed by atoms with van der Waals surface area (Å²) in [6.07, 6.45) is 6.55. The summed E-state index contributed by atoms with van der Waals surface area (Å²) in [5, 5.41) is 4.56. The number of Topliss-reactive ketones (excluding diaryl/α,β-unsaturated/α-hetero) is 1. The van der Waals surface area contributed by atoms with Crippen molar-refractivity contribution in [3.05, 3.63) is 113 Å². The normalized spacial score (nSPS) is 22.5. The molecule has 2 aliphatic carbocycles. The third-order valence-corrected chi connectivity index (χ3v) is 10.8. The lowest BCUT2D eigenvalue weighted by Gasteiger charge is -2.48. The van der Waals surface area contributed by atoms with E-state index >= 15 is 0 Å². The van der Waals surface area contributed by atoms with Crippen LogP contribution in [-0.2, 0) is 16.3 Å². The van der Waals surface area contributed by atoms with Gasteiger partial charge in [-0.3, -0.25) is 9.78 Å². The van der Waals surface area contributed by atoms with Crippen molar-refractivity contribution in [2.75, 3.05) is 0 Å². The number of nitrogens with zero attached hydrogens (tertiary/aromatic N) is 3. The molecule has 0 saturated heterocycles. The van der Waals surface area contributed by atoms with Gasteiger partial charge in [0.2, 0.25) is 0 Å². The summed E-state index contributed by atoms with van der Waals surface area (Å²) in [6.45, 7) is 3.69. The second-order valence-electron chi connectivity index (χ2n) is 10.9. The SMILES string of the molecule is Cc1ccc(S(=O)(=O)[C@]2(C)CCC3=Cc4c(cnn4-c4ccc(F)cc4)C[C@]3(C(=O)c3ccccn3)C2)cc1. The van der Waals surface area contributed by atoms with Gasteiger partial charge in [-0.25, -0.2) is 17.5 Å². The van der Waals surface area contributed by atoms with Gasteiger partial charge in [0.1, 0.15) is 11.5 Å². The molecular formula is C31H28FN3O3S. The minimum Gasteiger partial charge on any atom is -0.291 e. The Kier molecular flexibility index (Phi) is 5.91. The molecule has 6 rings (SSSR count). The Balaban J connectivity index is 1.48. The van der Waals surface area contributed by atoms with E-state index in [0.29, 0.717) is 30.6 Å². The average Bonchev–Trinajstić information content (AvgIpc) is 3.34. The van der Waals surface area contributed by atoms with Crippen molar-refractivity contribution in [1.82, 2.24) is 14.8 Å². The van der Waals surface area contributed by atoms with Gasteiger partial charge >= 0.3 is 0 Å². The van der Waals surface area contributed by atoms with Crippen molar-refractivity contribution in [1.29, 1.82) is 0 Å². The van der Waals surface area contributed by atoms with Gasteiger partial charge in [0, 0.05) is 6.20 Å². The zero-order chi connectivity index (χ0) is 27.4. The van der Waals surface area contributed by atoms with Gasteiger partial charge in [0.25, 0.3) is 0 Å². The zero-order valence-electron chi connectivity index (χ0n) is 21.8. The molecule has 0 amide bonds. The number of halogens is 1. The van der Waals surface area contributed by atoms with Crippen LogP contribution in [0.3, 0.4) is 0 Å². The van der Waals surface area contributed by atoms with E-state index in [2.05, 4.69) is 10.1 Å². The van der Waals surface area contributed by atoms with Crippen LogP contribution in [0.1, 0.15) is 53.5 Å². The van der Waals surface area contributed by atoms with E-state index in [4.69, 9.17) is 0 Å². The fraction of sp³-hybridized carbons (Fsp3) is 0.258. The lowest BCUT2D eigenvalue weighted by molar-refractivity contribution is 0.0773. The van der Waals surface area contributed by atoms with Crippen LogP contribution in [0.25, 0.3) is 11.8 Å². The highest BCUT2D eigenvalue weighted by molar-refractivity contribution is 7.92. The molecule has 1 fully saturated rings. The number of carbonyl (C=O) groups is 1. The topological polar surface area (TPSA) is 81.9 Å². The van der Waals surface area contributed by atoms with E-state index in [0.717, 1.165) is 22.4 Å². The van der Waals surface area contributed by atoms with Gasteiger partial charge < -0.3 is 0 Å². The Labute approximate surface area is 227 Å². The van der Waals surface area contributed by atoms with Crippen LogP contribution < -0.4 is 0 Å². The Bertz CT molecular complexity index is 1710. The molecule has 4 aromatic rings. The summed E-state index contributed by atoms with van der Waals surface area (Å²) < 4.78 is 42.3. The molecule has 39 heavy (non-hydrogen) atoms. The summed E-state index contributed by atoms with van der Waals surface area (Å²) in [5.41, 5.74) is 3.47. The van der Waals surface area contributed by atoms with Gasteiger partial charge in [-0.15, -0.1) is 0 Å². The maximum Gasteiger partial charge on any atom is 0.191 e. The van der Waals surface area contributed by atoms with Crippen LogP contribution >= 0.6 is 0 Å². The first kappa shape index (κ1) is 25.4. The fourth-order valence-electron chi connectivity index (χ4n) is 6.10. The molecular weight excluding hydrogens is 513 g/mol. The molecule has 0 radical (unpaired) electrons. The molecule has 0 bridgehead atoms. The van der Waals surface area contributed by atoms with Crippen LogP contribution in [0.4, 0.5) is 4.39 Å².